The average Bonchev–Trinajstić information content (AvgIpc) is 3.54. The molecule has 3 aromatic rings. The molecule has 6 heterocycles. The van der Waals surface area contributed by atoms with Gasteiger partial charge in [-0.3, -0.25) is 5.10 Å². The number of alkyl halides is 3. The summed E-state index contributed by atoms with van der Waals surface area (Å²) in [5, 5.41) is 10.6. The van der Waals surface area contributed by atoms with Crippen LogP contribution < -0.4 is 9.80 Å². The molecule has 12 heteroatoms. The molecule has 3 fully saturated rings. The van der Waals surface area contributed by atoms with Crippen molar-refractivity contribution >= 4 is 22.5 Å². The second kappa shape index (κ2) is 8.12. The van der Waals surface area contributed by atoms with Gasteiger partial charge in [-0.2, -0.15) is 28.1 Å². The van der Waals surface area contributed by atoms with Gasteiger partial charge in [-0.05, 0) is 25.7 Å². The maximum absolute atomic E-state index is 14.2. The van der Waals surface area contributed by atoms with E-state index in [0.717, 1.165) is 25.7 Å². The van der Waals surface area contributed by atoms with Crippen molar-refractivity contribution in [1.82, 2.24) is 25.0 Å². The summed E-state index contributed by atoms with van der Waals surface area (Å²) >= 11 is 0. The number of anilines is 2. The summed E-state index contributed by atoms with van der Waals surface area (Å²) in [6, 6.07) is 3.74. The minimum atomic E-state index is -4.63. The fourth-order valence-corrected chi connectivity index (χ4v) is 5.53. The second-order valence-electron chi connectivity index (χ2n) is 9.15. The van der Waals surface area contributed by atoms with E-state index in [1.54, 1.807) is 13.2 Å². The number of aromatic nitrogens is 5. The van der Waals surface area contributed by atoms with Crippen molar-refractivity contribution in [3.8, 4) is 5.82 Å². The number of hydrogen-bond donors (Lipinski definition) is 1. The topological polar surface area (TPSA) is 84.3 Å². The Morgan fingerprint density at radius 1 is 1.12 bits per heavy atom. The third-order valence-electron chi connectivity index (χ3n) is 7.21. The fourth-order valence-electron chi connectivity index (χ4n) is 5.53. The van der Waals surface area contributed by atoms with Crippen molar-refractivity contribution < 1.29 is 22.6 Å². The maximum atomic E-state index is 14.2. The molecule has 0 aliphatic carbocycles. The number of fused-ring (bicyclic) bond motifs is 3. The Morgan fingerprint density at radius 3 is 2.47 bits per heavy atom. The molecule has 0 spiro atoms. The number of methoxy groups -OCH3 is 1. The smallest absolute Gasteiger partial charge is 0.381 e. The molecule has 2 bridgehead atoms. The molecular formula is C22H26F3N7O2. The molecule has 0 aromatic carbocycles. The van der Waals surface area contributed by atoms with Crippen LogP contribution in [0.3, 0.4) is 0 Å². The lowest BCUT2D eigenvalue weighted by Crippen LogP contribution is -2.46. The number of piperidine rings is 1. The van der Waals surface area contributed by atoms with Crippen molar-refractivity contribution in [2.75, 3.05) is 43.2 Å². The molecular weight excluding hydrogens is 451 g/mol. The molecule has 2 unspecified atom stereocenters. The van der Waals surface area contributed by atoms with Gasteiger partial charge in [0.25, 0.3) is 0 Å². The summed E-state index contributed by atoms with van der Waals surface area (Å²) in [5.74, 6) is 1.00. The van der Waals surface area contributed by atoms with Gasteiger partial charge in [0.05, 0.1) is 48.7 Å². The minimum Gasteiger partial charge on any atom is -0.381 e. The maximum Gasteiger partial charge on any atom is 0.435 e. The number of ether oxygens (including phenoxy) is 2. The monoisotopic (exact) mass is 477 g/mol. The number of rotatable bonds is 4. The Kier molecular flexibility index (Phi) is 5.17. The lowest BCUT2D eigenvalue weighted by Gasteiger charge is -2.37. The number of pyridine rings is 1. The van der Waals surface area contributed by atoms with Gasteiger partial charge >= 0.3 is 6.18 Å². The minimum absolute atomic E-state index is 0.0160. The Bertz CT molecular complexity index is 1160. The third-order valence-corrected chi connectivity index (χ3v) is 7.21. The van der Waals surface area contributed by atoms with E-state index in [1.807, 2.05) is 11.0 Å². The van der Waals surface area contributed by atoms with Crippen LogP contribution >= 0.6 is 0 Å². The summed E-state index contributed by atoms with van der Waals surface area (Å²) in [6.45, 7) is 2.38. The third kappa shape index (κ3) is 3.50. The van der Waals surface area contributed by atoms with Gasteiger partial charge in [0.2, 0.25) is 0 Å². The van der Waals surface area contributed by atoms with E-state index in [4.69, 9.17) is 14.5 Å². The van der Waals surface area contributed by atoms with Crippen LogP contribution in [0.15, 0.2) is 18.3 Å². The van der Waals surface area contributed by atoms with Crippen LogP contribution in [0, 0.1) is 0 Å². The largest absolute Gasteiger partial charge is 0.435 e. The number of aromatic amines is 1. The highest BCUT2D eigenvalue weighted by Gasteiger charge is 2.42. The van der Waals surface area contributed by atoms with E-state index in [9.17, 15) is 13.2 Å². The van der Waals surface area contributed by atoms with E-state index in [-0.39, 0.29) is 29.2 Å². The first-order chi connectivity index (χ1) is 16.4. The van der Waals surface area contributed by atoms with Crippen LogP contribution in [-0.2, 0) is 15.7 Å². The SMILES string of the molecule is COC1CCN(c2cc(N3C4CCC3COC4)nc3c2c(C(F)(F)F)nn3-c2ccn[nH]2)CC1. The van der Waals surface area contributed by atoms with E-state index in [2.05, 4.69) is 20.2 Å². The predicted octanol–water partition coefficient (Wildman–Crippen LogP) is 3.15. The van der Waals surface area contributed by atoms with Gasteiger partial charge in [-0.1, -0.05) is 0 Å². The Hall–Kier alpha value is -2.86. The second-order valence-corrected chi connectivity index (χ2v) is 9.15. The van der Waals surface area contributed by atoms with Crippen LogP contribution in [-0.4, -0.2) is 76.6 Å². The number of morpholine rings is 1. The van der Waals surface area contributed by atoms with Crippen molar-refractivity contribution in [2.45, 2.75) is 50.0 Å². The van der Waals surface area contributed by atoms with E-state index in [0.29, 0.717) is 43.6 Å². The fraction of sp³-hybridized carbons (Fsp3) is 0.591. The molecule has 3 saturated heterocycles. The molecule has 3 aliphatic heterocycles. The zero-order valence-electron chi connectivity index (χ0n) is 18.8. The van der Waals surface area contributed by atoms with Gasteiger partial charge in [-0.15, -0.1) is 0 Å². The Labute approximate surface area is 193 Å². The number of hydrogen-bond acceptors (Lipinski definition) is 7. The van der Waals surface area contributed by atoms with Crippen LogP contribution in [0.1, 0.15) is 31.4 Å². The zero-order chi connectivity index (χ0) is 23.4. The molecule has 3 aliphatic rings. The van der Waals surface area contributed by atoms with Gasteiger partial charge < -0.3 is 19.3 Å². The highest BCUT2D eigenvalue weighted by Crippen LogP contribution is 2.43. The molecule has 1 N–H and O–H groups in total. The lowest BCUT2D eigenvalue weighted by atomic mass is 10.1. The molecule has 0 amide bonds. The predicted molar refractivity (Wildman–Crippen MR) is 118 cm³/mol. The van der Waals surface area contributed by atoms with E-state index >= 15 is 0 Å². The summed E-state index contributed by atoms with van der Waals surface area (Å²) in [7, 11) is 1.67. The molecule has 3 aromatic heterocycles. The normalized spacial score (nSPS) is 23.9. The van der Waals surface area contributed by atoms with Crippen LogP contribution in [0.4, 0.5) is 24.7 Å². The van der Waals surface area contributed by atoms with Gasteiger partial charge in [0.1, 0.15) is 5.82 Å². The van der Waals surface area contributed by atoms with Crippen LogP contribution in [0.5, 0.6) is 0 Å². The number of H-pyrrole nitrogens is 1. The first-order valence-corrected chi connectivity index (χ1v) is 11.6. The molecule has 182 valence electrons. The van der Waals surface area contributed by atoms with Crippen molar-refractivity contribution in [1.29, 1.82) is 0 Å². The van der Waals surface area contributed by atoms with Crippen molar-refractivity contribution in [3.05, 3.63) is 24.0 Å². The van der Waals surface area contributed by atoms with Gasteiger partial charge in [0.15, 0.2) is 17.2 Å². The summed E-state index contributed by atoms with van der Waals surface area (Å²) in [5.41, 5.74) is -0.257. The first kappa shape index (κ1) is 21.7. The highest BCUT2D eigenvalue weighted by atomic mass is 19.4. The lowest BCUT2D eigenvalue weighted by molar-refractivity contribution is -0.140. The molecule has 9 nitrogen and oxygen atoms in total. The summed E-state index contributed by atoms with van der Waals surface area (Å²) in [4.78, 5) is 9.03. The summed E-state index contributed by atoms with van der Waals surface area (Å²) < 4.78 is 55.1. The first-order valence-electron chi connectivity index (χ1n) is 11.6. The molecule has 6 rings (SSSR count). The molecule has 34 heavy (non-hydrogen) atoms. The van der Waals surface area contributed by atoms with Gasteiger partial charge in [-0.25, -0.2) is 4.98 Å². The molecule has 2 atom stereocenters. The standard InChI is InChI=1S/C22H26F3N7O2/c1-33-15-5-8-30(9-6-15)16-10-18(31-13-2-3-14(31)12-34-11-13)27-21-19(16)20(22(23,24)25)29-32(21)17-4-7-26-28-17/h4,7,10,13-15H,2-3,5-6,8-9,11-12H2,1H3,(H,26,28). The van der Waals surface area contributed by atoms with Crippen molar-refractivity contribution in [3.63, 3.8) is 0 Å². The Balaban J connectivity index is 1.57. The van der Waals surface area contributed by atoms with E-state index in [1.165, 1.54) is 10.9 Å². The van der Waals surface area contributed by atoms with Crippen molar-refractivity contribution in [2.24, 2.45) is 0 Å². The number of nitrogens with zero attached hydrogens (tertiary/aromatic N) is 6. The number of nitrogens with one attached hydrogen (secondary N) is 1. The van der Waals surface area contributed by atoms with Crippen LogP contribution in [0.2, 0.25) is 0 Å². The van der Waals surface area contributed by atoms with Crippen LogP contribution in [0.25, 0.3) is 16.9 Å². The highest BCUT2D eigenvalue weighted by molar-refractivity contribution is 5.95. The van der Waals surface area contributed by atoms with E-state index < -0.39 is 11.9 Å². The quantitative estimate of drug-likeness (QED) is 0.618. The Morgan fingerprint density at radius 2 is 1.85 bits per heavy atom. The molecule has 0 saturated carbocycles. The number of halogens is 3. The summed E-state index contributed by atoms with van der Waals surface area (Å²) in [6.07, 6.45) is 0.406. The zero-order valence-corrected chi connectivity index (χ0v) is 18.8. The van der Waals surface area contributed by atoms with Gasteiger partial charge in [0, 0.05) is 32.3 Å². The molecule has 0 radical (unpaired) electrons. The average molecular weight is 477 g/mol.